The maximum absolute atomic E-state index is 12.3. The Morgan fingerprint density at radius 2 is 2.30 bits per heavy atom. The fourth-order valence-electron chi connectivity index (χ4n) is 2.16. The van der Waals surface area contributed by atoms with Crippen LogP contribution in [0.25, 0.3) is 0 Å². The zero-order valence-corrected chi connectivity index (χ0v) is 13.7. The van der Waals surface area contributed by atoms with E-state index in [1.54, 1.807) is 13.0 Å². The molecule has 0 saturated carbocycles. The molecule has 114 valence electrons. The first kappa shape index (κ1) is 15.7. The highest BCUT2D eigenvalue weighted by atomic mass is 32.2. The molecule has 1 fully saturated rings. The third-order valence-electron chi connectivity index (χ3n) is 3.30. The van der Waals surface area contributed by atoms with Crippen LogP contribution < -0.4 is 9.46 Å². The lowest BCUT2D eigenvalue weighted by atomic mass is 10.1. The van der Waals surface area contributed by atoms with E-state index in [1.807, 2.05) is 13.8 Å². The summed E-state index contributed by atoms with van der Waals surface area (Å²) in [5.41, 5.74) is -0.379. The number of hydrogen-bond acceptors (Lipinski definition) is 6. The average Bonchev–Trinajstić information content (AvgIpc) is 2.94. The average molecular weight is 320 g/mol. The molecule has 1 saturated heterocycles. The molecule has 2 heterocycles. The van der Waals surface area contributed by atoms with Gasteiger partial charge in [-0.2, -0.15) is 4.37 Å². The molecule has 0 radical (unpaired) electrons. The first-order valence-electron chi connectivity index (χ1n) is 6.39. The Morgan fingerprint density at radius 1 is 1.60 bits per heavy atom. The van der Waals surface area contributed by atoms with Gasteiger partial charge in [-0.15, -0.1) is 0 Å². The van der Waals surface area contributed by atoms with Crippen LogP contribution in [0.1, 0.15) is 38.1 Å². The van der Waals surface area contributed by atoms with Crippen LogP contribution in [0.3, 0.4) is 0 Å². The van der Waals surface area contributed by atoms with Crippen LogP contribution in [0.5, 0.6) is 5.88 Å². The topological polar surface area (TPSA) is 77.5 Å². The molecule has 0 bridgehead atoms. The second kappa shape index (κ2) is 5.59. The molecule has 8 heteroatoms. The van der Waals surface area contributed by atoms with Gasteiger partial charge >= 0.3 is 0 Å². The summed E-state index contributed by atoms with van der Waals surface area (Å²) in [5.74, 6) is 0.501. The Bertz CT molecular complexity index is 568. The monoisotopic (exact) mass is 320 g/mol. The van der Waals surface area contributed by atoms with Crippen molar-refractivity contribution in [3.8, 4) is 5.88 Å². The minimum absolute atomic E-state index is 0.237. The van der Waals surface area contributed by atoms with Crippen LogP contribution >= 0.6 is 11.5 Å². The minimum Gasteiger partial charge on any atom is -0.480 e. The van der Waals surface area contributed by atoms with Gasteiger partial charge in [0.1, 0.15) is 5.25 Å². The highest BCUT2D eigenvalue weighted by Crippen LogP contribution is 2.30. The Hall–Kier alpha value is -0.700. The molecule has 1 aromatic heterocycles. The van der Waals surface area contributed by atoms with Gasteiger partial charge in [-0.05, 0) is 38.7 Å². The lowest BCUT2D eigenvalue weighted by Crippen LogP contribution is -2.36. The standard InChI is InChI=1S/C12H20N2O4S2/c1-8(10-5-11(17-4)13-19-10)14-20(15,16)9-6-12(2,3)18-7-9/h5,8-9,14H,6-7H2,1-4H3. The van der Waals surface area contributed by atoms with Crippen molar-refractivity contribution in [2.24, 2.45) is 0 Å². The van der Waals surface area contributed by atoms with Crippen molar-refractivity contribution in [3.05, 3.63) is 10.9 Å². The molecule has 0 amide bonds. The molecule has 1 N–H and O–H groups in total. The second-order valence-electron chi connectivity index (χ2n) is 5.55. The van der Waals surface area contributed by atoms with Crippen molar-refractivity contribution < 1.29 is 17.9 Å². The molecule has 0 aliphatic carbocycles. The van der Waals surface area contributed by atoms with E-state index < -0.39 is 15.3 Å². The Balaban J connectivity index is 2.04. The largest absolute Gasteiger partial charge is 0.480 e. The highest BCUT2D eigenvalue weighted by Gasteiger charge is 2.40. The Labute approximate surface area is 123 Å². The van der Waals surface area contributed by atoms with E-state index in [2.05, 4.69) is 9.10 Å². The second-order valence-corrected chi connectivity index (χ2v) is 8.38. The van der Waals surface area contributed by atoms with Gasteiger partial charge in [0.05, 0.1) is 25.4 Å². The summed E-state index contributed by atoms with van der Waals surface area (Å²) in [6.45, 7) is 5.84. The predicted molar refractivity (Wildman–Crippen MR) is 77.6 cm³/mol. The molecule has 1 aromatic rings. The molecule has 6 nitrogen and oxygen atoms in total. The van der Waals surface area contributed by atoms with E-state index in [0.29, 0.717) is 12.3 Å². The van der Waals surface area contributed by atoms with Crippen LogP contribution in [0, 0.1) is 0 Å². The molecule has 1 aliphatic heterocycles. The molecule has 0 spiro atoms. The van der Waals surface area contributed by atoms with E-state index in [9.17, 15) is 8.42 Å². The van der Waals surface area contributed by atoms with E-state index in [4.69, 9.17) is 9.47 Å². The summed E-state index contributed by atoms with van der Waals surface area (Å²) >= 11 is 1.23. The number of hydrogen-bond donors (Lipinski definition) is 1. The predicted octanol–water partition coefficient (Wildman–Crippen LogP) is 1.70. The van der Waals surface area contributed by atoms with Crippen molar-refractivity contribution in [2.45, 2.75) is 44.1 Å². The smallest absolute Gasteiger partial charge is 0.225 e. The van der Waals surface area contributed by atoms with Gasteiger partial charge in [-0.3, -0.25) is 0 Å². The van der Waals surface area contributed by atoms with Crippen LogP contribution in [-0.4, -0.2) is 37.4 Å². The summed E-state index contributed by atoms with van der Waals surface area (Å²) in [5, 5.41) is -0.505. The molecule has 0 aromatic carbocycles. The first-order valence-corrected chi connectivity index (χ1v) is 8.71. The summed E-state index contributed by atoms with van der Waals surface area (Å²) in [6.07, 6.45) is 0.501. The van der Waals surface area contributed by atoms with Gasteiger partial charge in [-0.25, -0.2) is 13.1 Å². The van der Waals surface area contributed by atoms with E-state index in [0.717, 1.165) is 4.88 Å². The Morgan fingerprint density at radius 3 is 2.80 bits per heavy atom. The van der Waals surface area contributed by atoms with Gasteiger partial charge in [0.15, 0.2) is 0 Å². The zero-order valence-electron chi connectivity index (χ0n) is 12.0. The van der Waals surface area contributed by atoms with Crippen LogP contribution in [0.15, 0.2) is 6.07 Å². The van der Waals surface area contributed by atoms with E-state index in [1.165, 1.54) is 18.6 Å². The van der Waals surface area contributed by atoms with E-state index >= 15 is 0 Å². The quantitative estimate of drug-likeness (QED) is 0.893. The fourth-order valence-corrected chi connectivity index (χ4v) is 4.60. The van der Waals surface area contributed by atoms with Crippen molar-refractivity contribution in [1.29, 1.82) is 0 Å². The van der Waals surface area contributed by atoms with Gasteiger partial charge in [0.25, 0.3) is 0 Å². The third kappa shape index (κ3) is 3.49. The van der Waals surface area contributed by atoms with Crippen molar-refractivity contribution in [2.75, 3.05) is 13.7 Å². The maximum Gasteiger partial charge on any atom is 0.225 e. The van der Waals surface area contributed by atoms with Crippen molar-refractivity contribution >= 4 is 21.6 Å². The number of sulfonamides is 1. The SMILES string of the molecule is COc1cc(C(C)NS(=O)(=O)C2COC(C)(C)C2)sn1. The normalized spacial score (nSPS) is 23.7. The third-order valence-corrected chi connectivity index (χ3v) is 6.12. The Kier molecular flexibility index (Phi) is 4.38. The number of nitrogens with one attached hydrogen (secondary N) is 1. The fraction of sp³-hybridized carbons (Fsp3) is 0.750. The number of methoxy groups -OCH3 is 1. The number of aromatic nitrogens is 1. The molecular weight excluding hydrogens is 300 g/mol. The van der Waals surface area contributed by atoms with Crippen LogP contribution in [-0.2, 0) is 14.8 Å². The molecule has 2 atom stereocenters. The summed E-state index contributed by atoms with van der Waals surface area (Å²) in [4.78, 5) is 0.823. The lowest BCUT2D eigenvalue weighted by molar-refractivity contribution is 0.0367. The zero-order chi connectivity index (χ0) is 15.0. The molecule has 2 rings (SSSR count). The first-order chi connectivity index (χ1) is 9.23. The summed E-state index contributed by atoms with van der Waals surface area (Å²) < 4.78 is 42.0. The lowest BCUT2D eigenvalue weighted by Gasteiger charge is -2.17. The number of ether oxygens (including phenoxy) is 2. The van der Waals surface area contributed by atoms with Crippen LogP contribution in [0.4, 0.5) is 0 Å². The van der Waals surface area contributed by atoms with Crippen molar-refractivity contribution in [1.82, 2.24) is 9.10 Å². The highest BCUT2D eigenvalue weighted by molar-refractivity contribution is 7.90. The van der Waals surface area contributed by atoms with Gasteiger partial charge < -0.3 is 9.47 Å². The minimum atomic E-state index is -3.41. The molecule has 2 unspecified atom stereocenters. The molecule has 1 aliphatic rings. The summed E-state index contributed by atoms with van der Waals surface area (Å²) in [7, 11) is -1.88. The van der Waals surface area contributed by atoms with Crippen molar-refractivity contribution in [3.63, 3.8) is 0 Å². The molecule has 20 heavy (non-hydrogen) atoms. The van der Waals surface area contributed by atoms with Gasteiger partial charge in [0.2, 0.25) is 15.9 Å². The van der Waals surface area contributed by atoms with E-state index in [-0.39, 0.29) is 18.2 Å². The maximum atomic E-state index is 12.3. The number of nitrogens with zero attached hydrogens (tertiary/aromatic N) is 1. The number of rotatable bonds is 5. The van der Waals surface area contributed by atoms with Gasteiger partial charge in [-0.1, -0.05) is 0 Å². The van der Waals surface area contributed by atoms with Crippen LogP contribution in [0.2, 0.25) is 0 Å². The molecular formula is C12H20N2O4S2. The summed E-state index contributed by atoms with van der Waals surface area (Å²) in [6, 6.07) is 1.41. The van der Waals surface area contributed by atoms with Gasteiger partial charge in [0, 0.05) is 10.9 Å².